The van der Waals surface area contributed by atoms with Gasteiger partial charge in [-0.15, -0.1) is 11.8 Å². The summed E-state index contributed by atoms with van der Waals surface area (Å²) >= 11 is 1.71. The van der Waals surface area contributed by atoms with E-state index in [9.17, 15) is 9.59 Å². The Kier molecular flexibility index (Phi) is 5.06. The minimum Gasteiger partial charge on any atom is -0.481 e. The SMILES string of the molecule is CC(CCC(=O)O)CNC(=O)C1CSc2ccccc21. The Morgan fingerprint density at radius 3 is 2.95 bits per heavy atom. The lowest BCUT2D eigenvalue weighted by molar-refractivity contribution is -0.137. The van der Waals surface area contributed by atoms with Gasteiger partial charge in [0.25, 0.3) is 0 Å². The number of amides is 1. The van der Waals surface area contributed by atoms with Crippen LogP contribution in [0.5, 0.6) is 0 Å². The van der Waals surface area contributed by atoms with Crippen LogP contribution in [-0.4, -0.2) is 29.3 Å². The number of thioether (sulfide) groups is 1. The van der Waals surface area contributed by atoms with Crippen LogP contribution in [0.1, 0.15) is 31.2 Å². The number of benzene rings is 1. The van der Waals surface area contributed by atoms with Crippen molar-refractivity contribution >= 4 is 23.6 Å². The Morgan fingerprint density at radius 2 is 2.20 bits per heavy atom. The van der Waals surface area contributed by atoms with Crippen molar-refractivity contribution in [2.45, 2.75) is 30.6 Å². The molecule has 1 aliphatic rings. The summed E-state index contributed by atoms with van der Waals surface area (Å²) in [5.74, 6) is 0.144. The molecule has 2 N–H and O–H groups in total. The van der Waals surface area contributed by atoms with Gasteiger partial charge >= 0.3 is 5.97 Å². The molecule has 4 nitrogen and oxygen atoms in total. The average Bonchev–Trinajstić information content (AvgIpc) is 2.86. The number of carbonyl (C=O) groups is 2. The summed E-state index contributed by atoms with van der Waals surface area (Å²) in [6, 6.07) is 8.00. The van der Waals surface area contributed by atoms with E-state index in [2.05, 4.69) is 5.32 Å². The zero-order valence-electron chi connectivity index (χ0n) is 11.5. The maximum atomic E-state index is 12.2. The molecule has 2 rings (SSSR count). The van der Waals surface area contributed by atoms with Crippen LogP contribution in [0.15, 0.2) is 29.2 Å². The Bertz CT molecular complexity index is 504. The Morgan fingerprint density at radius 1 is 1.45 bits per heavy atom. The van der Waals surface area contributed by atoms with Crippen LogP contribution < -0.4 is 5.32 Å². The Balaban J connectivity index is 1.83. The van der Waals surface area contributed by atoms with E-state index in [1.165, 1.54) is 4.90 Å². The molecule has 2 unspecified atom stereocenters. The molecule has 1 aromatic carbocycles. The third kappa shape index (κ3) is 3.76. The third-order valence-corrected chi connectivity index (χ3v) is 4.67. The molecule has 0 spiro atoms. The van der Waals surface area contributed by atoms with E-state index in [0.29, 0.717) is 13.0 Å². The van der Waals surface area contributed by atoms with E-state index in [0.717, 1.165) is 11.3 Å². The van der Waals surface area contributed by atoms with E-state index in [4.69, 9.17) is 5.11 Å². The molecule has 1 heterocycles. The van der Waals surface area contributed by atoms with E-state index < -0.39 is 5.97 Å². The molecule has 0 saturated heterocycles. The summed E-state index contributed by atoms with van der Waals surface area (Å²) in [6.07, 6.45) is 0.741. The molecule has 0 fully saturated rings. The van der Waals surface area contributed by atoms with Crippen molar-refractivity contribution < 1.29 is 14.7 Å². The number of aliphatic carboxylic acids is 1. The van der Waals surface area contributed by atoms with Crippen molar-refractivity contribution in [3.05, 3.63) is 29.8 Å². The molecule has 0 radical (unpaired) electrons. The average molecular weight is 293 g/mol. The molecular weight excluding hydrogens is 274 g/mol. The zero-order chi connectivity index (χ0) is 14.5. The Hall–Kier alpha value is -1.49. The largest absolute Gasteiger partial charge is 0.481 e. The van der Waals surface area contributed by atoms with Gasteiger partial charge in [-0.2, -0.15) is 0 Å². The Labute approximate surface area is 123 Å². The van der Waals surface area contributed by atoms with Crippen molar-refractivity contribution in [2.24, 2.45) is 5.92 Å². The van der Waals surface area contributed by atoms with Crippen LogP contribution in [0, 0.1) is 5.92 Å². The molecule has 0 aromatic heterocycles. The summed E-state index contributed by atoms with van der Waals surface area (Å²) < 4.78 is 0. The van der Waals surface area contributed by atoms with Crippen LogP contribution in [0.2, 0.25) is 0 Å². The number of carboxylic acids is 1. The molecule has 108 valence electrons. The minimum absolute atomic E-state index is 0.0459. The molecule has 1 aliphatic heterocycles. The molecule has 20 heavy (non-hydrogen) atoms. The maximum absolute atomic E-state index is 12.2. The predicted molar refractivity (Wildman–Crippen MR) is 79.0 cm³/mol. The number of nitrogens with one attached hydrogen (secondary N) is 1. The number of rotatable bonds is 6. The summed E-state index contributed by atoms with van der Waals surface area (Å²) in [5.41, 5.74) is 1.10. The van der Waals surface area contributed by atoms with Gasteiger partial charge in [-0.05, 0) is 24.0 Å². The second-order valence-corrected chi connectivity index (χ2v) is 6.25. The fourth-order valence-corrected chi connectivity index (χ4v) is 3.48. The highest BCUT2D eigenvalue weighted by molar-refractivity contribution is 7.99. The van der Waals surface area contributed by atoms with Crippen LogP contribution in [-0.2, 0) is 9.59 Å². The number of fused-ring (bicyclic) bond motifs is 1. The van der Waals surface area contributed by atoms with E-state index in [1.54, 1.807) is 11.8 Å². The molecule has 0 bridgehead atoms. The molecule has 1 amide bonds. The second-order valence-electron chi connectivity index (χ2n) is 5.18. The summed E-state index contributed by atoms with van der Waals surface area (Å²) in [7, 11) is 0. The fourth-order valence-electron chi connectivity index (χ4n) is 2.25. The molecule has 2 atom stereocenters. The van der Waals surface area contributed by atoms with Crippen LogP contribution >= 0.6 is 11.8 Å². The van der Waals surface area contributed by atoms with Crippen LogP contribution in [0.4, 0.5) is 0 Å². The highest BCUT2D eigenvalue weighted by Gasteiger charge is 2.28. The first-order valence-corrected chi connectivity index (χ1v) is 7.77. The fraction of sp³-hybridized carbons (Fsp3) is 0.467. The number of carboxylic acid groups (broad SMARTS) is 1. The number of hydrogen-bond donors (Lipinski definition) is 2. The van der Waals surface area contributed by atoms with Gasteiger partial charge in [0.05, 0.1) is 5.92 Å². The second kappa shape index (κ2) is 6.79. The third-order valence-electron chi connectivity index (χ3n) is 3.49. The first-order valence-electron chi connectivity index (χ1n) is 6.79. The lowest BCUT2D eigenvalue weighted by Gasteiger charge is -2.15. The van der Waals surface area contributed by atoms with Crippen molar-refractivity contribution in [3.63, 3.8) is 0 Å². The highest BCUT2D eigenvalue weighted by Crippen LogP contribution is 2.39. The first-order chi connectivity index (χ1) is 9.58. The molecule has 1 aromatic rings. The van der Waals surface area contributed by atoms with Crippen LogP contribution in [0.25, 0.3) is 0 Å². The van der Waals surface area contributed by atoms with Gasteiger partial charge in [0.1, 0.15) is 0 Å². The molecule has 0 saturated carbocycles. The van der Waals surface area contributed by atoms with Gasteiger partial charge in [-0.3, -0.25) is 9.59 Å². The minimum atomic E-state index is -0.788. The van der Waals surface area contributed by atoms with E-state index >= 15 is 0 Å². The quantitative estimate of drug-likeness (QED) is 0.845. The van der Waals surface area contributed by atoms with Gasteiger partial charge in [-0.1, -0.05) is 25.1 Å². The number of hydrogen-bond acceptors (Lipinski definition) is 3. The highest BCUT2D eigenvalue weighted by atomic mass is 32.2. The van der Waals surface area contributed by atoms with Gasteiger partial charge in [0, 0.05) is 23.6 Å². The summed E-state index contributed by atoms with van der Waals surface area (Å²) in [5, 5.41) is 11.6. The molecule has 5 heteroatoms. The van der Waals surface area contributed by atoms with Gasteiger partial charge in [-0.25, -0.2) is 0 Å². The van der Waals surface area contributed by atoms with Gasteiger partial charge < -0.3 is 10.4 Å². The normalized spacial score (nSPS) is 18.4. The monoisotopic (exact) mass is 293 g/mol. The summed E-state index contributed by atoms with van der Waals surface area (Å²) in [6.45, 7) is 2.50. The van der Waals surface area contributed by atoms with Crippen molar-refractivity contribution in [1.29, 1.82) is 0 Å². The molecular formula is C15H19NO3S. The maximum Gasteiger partial charge on any atom is 0.303 e. The zero-order valence-corrected chi connectivity index (χ0v) is 12.3. The number of carbonyl (C=O) groups excluding carboxylic acids is 1. The lowest BCUT2D eigenvalue weighted by Crippen LogP contribution is -2.33. The van der Waals surface area contributed by atoms with Crippen LogP contribution in [0.3, 0.4) is 0 Å². The van der Waals surface area contributed by atoms with Gasteiger partial charge in [0.2, 0.25) is 5.91 Å². The van der Waals surface area contributed by atoms with E-state index in [1.807, 2.05) is 31.2 Å². The van der Waals surface area contributed by atoms with Crippen molar-refractivity contribution in [1.82, 2.24) is 5.32 Å². The summed E-state index contributed by atoms with van der Waals surface area (Å²) in [4.78, 5) is 23.9. The topological polar surface area (TPSA) is 66.4 Å². The predicted octanol–water partition coefficient (Wildman–Crippen LogP) is 2.49. The van der Waals surface area contributed by atoms with E-state index in [-0.39, 0.29) is 24.2 Å². The smallest absolute Gasteiger partial charge is 0.303 e. The van der Waals surface area contributed by atoms with Crippen molar-refractivity contribution in [2.75, 3.05) is 12.3 Å². The lowest BCUT2D eigenvalue weighted by atomic mass is 10.00. The van der Waals surface area contributed by atoms with Gasteiger partial charge in [0.15, 0.2) is 0 Å². The standard InChI is InChI=1S/C15H19NO3S/c1-10(6-7-14(17)18)8-16-15(19)12-9-20-13-5-3-2-4-11(12)13/h2-5,10,12H,6-9H2,1H3,(H,16,19)(H,17,18). The van der Waals surface area contributed by atoms with Crippen molar-refractivity contribution in [3.8, 4) is 0 Å². The first kappa shape index (κ1) is 14.9. The molecule has 0 aliphatic carbocycles.